The summed E-state index contributed by atoms with van der Waals surface area (Å²) < 4.78 is 5.46. The lowest BCUT2D eigenvalue weighted by Gasteiger charge is -2.25. The van der Waals surface area contributed by atoms with Crippen LogP contribution in [0.4, 0.5) is 11.4 Å². The monoisotopic (exact) mass is 284 g/mol. The Labute approximate surface area is 127 Å². The Bertz CT molecular complexity index is 591. The van der Waals surface area contributed by atoms with Crippen LogP contribution in [-0.4, -0.2) is 14.2 Å². The average molecular weight is 284 g/mol. The number of ether oxygens (including phenoxy) is 1. The minimum Gasteiger partial charge on any atom is -0.496 e. The lowest BCUT2D eigenvalue weighted by molar-refractivity contribution is 0.407. The molecule has 21 heavy (non-hydrogen) atoms. The Kier molecular flexibility index (Phi) is 4.86. The van der Waals surface area contributed by atoms with Crippen LogP contribution in [-0.2, 0) is 6.42 Å². The van der Waals surface area contributed by atoms with Crippen molar-refractivity contribution in [2.45, 2.75) is 26.3 Å². The molecule has 0 aliphatic heterocycles. The minimum absolute atomic E-state index is 0.0893. The highest BCUT2D eigenvalue weighted by Crippen LogP contribution is 2.36. The molecule has 1 atom stereocenters. The van der Waals surface area contributed by atoms with E-state index in [2.05, 4.69) is 49.2 Å². The standard InChI is InChI=1S/C18H24N2O/c1-5-14-9-11-15(12-10-14)20(3)16-7-6-8-17(21-4)18(16)13(2)19/h6-13H,5,19H2,1-4H3/t13-/m1/s1. The highest BCUT2D eigenvalue weighted by Gasteiger charge is 2.16. The van der Waals surface area contributed by atoms with Crippen LogP contribution >= 0.6 is 0 Å². The van der Waals surface area contributed by atoms with Crippen molar-refractivity contribution in [1.29, 1.82) is 0 Å². The SMILES string of the molecule is CCc1ccc(N(C)c2cccc(OC)c2[C@@H](C)N)cc1. The van der Waals surface area contributed by atoms with Crippen molar-refractivity contribution >= 4 is 11.4 Å². The Morgan fingerprint density at radius 2 is 1.81 bits per heavy atom. The van der Waals surface area contributed by atoms with Gasteiger partial charge in [-0.1, -0.05) is 25.1 Å². The van der Waals surface area contributed by atoms with Gasteiger partial charge < -0.3 is 15.4 Å². The predicted octanol–water partition coefficient (Wildman–Crippen LogP) is 4.05. The van der Waals surface area contributed by atoms with E-state index in [9.17, 15) is 0 Å². The van der Waals surface area contributed by atoms with E-state index in [1.807, 2.05) is 19.1 Å². The molecule has 0 saturated carbocycles. The molecule has 0 amide bonds. The minimum atomic E-state index is -0.0893. The zero-order valence-electron chi connectivity index (χ0n) is 13.3. The third kappa shape index (κ3) is 3.19. The second-order valence-corrected chi connectivity index (χ2v) is 5.26. The van der Waals surface area contributed by atoms with Crippen molar-refractivity contribution in [3.05, 3.63) is 53.6 Å². The quantitative estimate of drug-likeness (QED) is 0.900. The molecular weight excluding hydrogens is 260 g/mol. The number of anilines is 2. The number of rotatable bonds is 5. The fourth-order valence-electron chi connectivity index (χ4n) is 2.55. The summed E-state index contributed by atoms with van der Waals surface area (Å²) in [5.74, 6) is 0.833. The lowest BCUT2D eigenvalue weighted by atomic mass is 10.0. The Morgan fingerprint density at radius 1 is 1.14 bits per heavy atom. The first-order valence-electron chi connectivity index (χ1n) is 7.33. The maximum Gasteiger partial charge on any atom is 0.125 e. The van der Waals surface area contributed by atoms with Gasteiger partial charge in [0.1, 0.15) is 5.75 Å². The van der Waals surface area contributed by atoms with E-state index in [1.165, 1.54) is 5.56 Å². The van der Waals surface area contributed by atoms with Crippen LogP contribution in [0.5, 0.6) is 5.75 Å². The molecule has 0 aliphatic carbocycles. The summed E-state index contributed by atoms with van der Waals surface area (Å²) in [5, 5.41) is 0. The zero-order valence-corrected chi connectivity index (χ0v) is 13.3. The van der Waals surface area contributed by atoms with Gasteiger partial charge in [0, 0.05) is 30.0 Å². The van der Waals surface area contributed by atoms with E-state index >= 15 is 0 Å². The summed E-state index contributed by atoms with van der Waals surface area (Å²) >= 11 is 0. The third-order valence-corrected chi connectivity index (χ3v) is 3.81. The summed E-state index contributed by atoms with van der Waals surface area (Å²) in [6.45, 7) is 4.14. The summed E-state index contributed by atoms with van der Waals surface area (Å²) in [6, 6.07) is 14.6. The molecule has 0 fully saturated rings. The molecule has 0 heterocycles. The second-order valence-electron chi connectivity index (χ2n) is 5.26. The molecule has 0 spiro atoms. The van der Waals surface area contributed by atoms with E-state index in [0.717, 1.165) is 29.1 Å². The van der Waals surface area contributed by atoms with Gasteiger partial charge in [-0.15, -0.1) is 0 Å². The van der Waals surface area contributed by atoms with Crippen LogP contribution in [0.15, 0.2) is 42.5 Å². The number of methoxy groups -OCH3 is 1. The topological polar surface area (TPSA) is 38.5 Å². The molecule has 2 aromatic carbocycles. The molecule has 2 rings (SSSR count). The van der Waals surface area contributed by atoms with E-state index in [-0.39, 0.29) is 6.04 Å². The molecule has 3 nitrogen and oxygen atoms in total. The van der Waals surface area contributed by atoms with E-state index < -0.39 is 0 Å². The second kappa shape index (κ2) is 6.64. The van der Waals surface area contributed by atoms with Crippen LogP contribution in [0.3, 0.4) is 0 Å². The summed E-state index contributed by atoms with van der Waals surface area (Å²) in [6.07, 6.45) is 1.05. The van der Waals surface area contributed by atoms with Gasteiger partial charge in [0.05, 0.1) is 7.11 Å². The zero-order chi connectivity index (χ0) is 15.4. The molecule has 0 aliphatic rings. The molecule has 0 aromatic heterocycles. The average Bonchev–Trinajstić information content (AvgIpc) is 2.53. The molecule has 0 radical (unpaired) electrons. The van der Waals surface area contributed by atoms with Gasteiger partial charge in [-0.25, -0.2) is 0 Å². The maximum atomic E-state index is 6.15. The normalized spacial score (nSPS) is 12.0. The van der Waals surface area contributed by atoms with Crippen LogP contribution in [0.25, 0.3) is 0 Å². The van der Waals surface area contributed by atoms with Crippen molar-refractivity contribution < 1.29 is 4.74 Å². The Hall–Kier alpha value is -2.00. The van der Waals surface area contributed by atoms with Crippen LogP contribution in [0.2, 0.25) is 0 Å². The lowest BCUT2D eigenvalue weighted by Crippen LogP contribution is -2.16. The fourth-order valence-corrected chi connectivity index (χ4v) is 2.55. The molecular formula is C18H24N2O. The predicted molar refractivity (Wildman–Crippen MR) is 89.5 cm³/mol. The molecule has 0 bridgehead atoms. The highest BCUT2D eigenvalue weighted by molar-refractivity contribution is 5.69. The summed E-state index contributed by atoms with van der Waals surface area (Å²) in [7, 11) is 3.74. The van der Waals surface area contributed by atoms with Crippen LogP contribution < -0.4 is 15.4 Å². The largest absolute Gasteiger partial charge is 0.496 e. The van der Waals surface area contributed by atoms with Crippen LogP contribution in [0.1, 0.15) is 31.0 Å². The van der Waals surface area contributed by atoms with Gasteiger partial charge in [0.15, 0.2) is 0 Å². The summed E-state index contributed by atoms with van der Waals surface area (Å²) in [5.41, 5.74) is 10.7. The number of aryl methyl sites for hydroxylation is 1. The summed E-state index contributed by atoms with van der Waals surface area (Å²) in [4.78, 5) is 2.15. The molecule has 0 unspecified atom stereocenters. The maximum absolute atomic E-state index is 6.15. The Balaban J connectivity index is 2.44. The van der Waals surface area contributed by atoms with Crippen molar-refractivity contribution in [1.82, 2.24) is 0 Å². The smallest absolute Gasteiger partial charge is 0.125 e. The number of hydrogen-bond acceptors (Lipinski definition) is 3. The fraction of sp³-hybridized carbons (Fsp3) is 0.333. The number of nitrogens with two attached hydrogens (primary N) is 1. The van der Waals surface area contributed by atoms with Crippen molar-refractivity contribution in [2.24, 2.45) is 5.73 Å². The van der Waals surface area contributed by atoms with Gasteiger partial charge in [0.25, 0.3) is 0 Å². The number of benzene rings is 2. The van der Waals surface area contributed by atoms with Gasteiger partial charge in [-0.05, 0) is 43.2 Å². The molecule has 112 valence electrons. The van der Waals surface area contributed by atoms with Crippen molar-refractivity contribution in [3.8, 4) is 5.75 Å². The molecule has 0 saturated heterocycles. The first kappa shape index (κ1) is 15.4. The van der Waals surface area contributed by atoms with E-state index in [1.54, 1.807) is 7.11 Å². The van der Waals surface area contributed by atoms with Gasteiger partial charge in [0.2, 0.25) is 0 Å². The number of hydrogen-bond donors (Lipinski definition) is 1. The number of nitrogens with zero attached hydrogens (tertiary/aromatic N) is 1. The van der Waals surface area contributed by atoms with Gasteiger partial charge in [-0.3, -0.25) is 0 Å². The highest BCUT2D eigenvalue weighted by atomic mass is 16.5. The first-order chi connectivity index (χ1) is 10.1. The van der Waals surface area contributed by atoms with Crippen molar-refractivity contribution in [2.75, 3.05) is 19.1 Å². The molecule has 2 N–H and O–H groups in total. The molecule has 2 aromatic rings. The Morgan fingerprint density at radius 3 is 2.33 bits per heavy atom. The first-order valence-corrected chi connectivity index (χ1v) is 7.33. The van der Waals surface area contributed by atoms with Crippen LogP contribution in [0, 0.1) is 0 Å². The third-order valence-electron chi connectivity index (χ3n) is 3.81. The van der Waals surface area contributed by atoms with Crippen molar-refractivity contribution in [3.63, 3.8) is 0 Å². The van der Waals surface area contributed by atoms with E-state index in [4.69, 9.17) is 10.5 Å². The van der Waals surface area contributed by atoms with Gasteiger partial charge >= 0.3 is 0 Å². The molecule has 3 heteroatoms. The van der Waals surface area contributed by atoms with E-state index in [0.29, 0.717) is 0 Å². The van der Waals surface area contributed by atoms with Gasteiger partial charge in [-0.2, -0.15) is 0 Å².